The van der Waals surface area contributed by atoms with E-state index in [9.17, 15) is 8.42 Å². The second kappa shape index (κ2) is 4.93. The second-order valence-electron chi connectivity index (χ2n) is 4.01. The number of ether oxygens (including phenoxy) is 1. The molecule has 1 aromatic carbocycles. The number of hydrogen-bond acceptors (Lipinski definition) is 4. The van der Waals surface area contributed by atoms with Crippen molar-refractivity contribution < 1.29 is 13.2 Å². The lowest BCUT2D eigenvalue weighted by molar-refractivity contribution is 0.328. The summed E-state index contributed by atoms with van der Waals surface area (Å²) in [6, 6.07) is 6.88. The molecule has 0 amide bonds. The maximum Gasteiger partial charge on any atom is 0.235 e. The lowest BCUT2D eigenvalue weighted by Gasteiger charge is -2.09. The summed E-state index contributed by atoms with van der Waals surface area (Å²) in [5.74, 6) is 0.617. The van der Waals surface area contributed by atoms with Gasteiger partial charge in [0.1, 0.15) is 12.4 Å². The van der Waals surface area contributed by atoms with Gasteiger partial charge in [0.2, 0.25) is 10.0 Å². The first-order chi connectivity index (χ1) is 8.12. The first kappa shape index (κ1) is 12.2. The Balaban J connectivity index is 2.05. The van der Waals surface area contributed by atoms with Crippen LogP contribution in [-0.2, 0) is 10.0 Å². The normalized spacial score (nSPS) is 15.6. The van der Waals surface area contributed by atoms with Crippen molar-refractivity contribution in [2.75, 3.05) is 17.9 Å². The van der Waals surface area contributed by atoms with Gasteiger partial charge in [-0.15, -0.1) is 0 Å². The van der Waals surface area contributed by atoms with Crippen LogP contribution in [0.3, 0.4) is 0 Å². The molecule has 2 rings (SSSR count). The molecule has 1 aliphatic rings. The summed E-state index contributed by atoms with van der Waals surface area (Å²) in [5, 5.41) is -0.226. The maximum absolute atomic E-state index is 11.7. The Labute approximate surface area is 101 Å². The Hall–Kier alpha value is -1.27. The number of nitrogens with one attached hydrogen (secondary N) is 1. The summed E-state index contributed by atoms with van der Waals surface area (Å²) in [5.41, 5.74) is 5.86. The van der Waals surface area contributed by atoms with Gasteiger partial charge in [0.15, 0.2) is 0 Å². The fourth-order valence-corrected chi connectivity index (χ4v) is 2.83. The van der Waals surface area contributed by atoms with E-state index in [0.717, 1.165) is 12.8 Å². The number of hydrogen-bond donors (Lipinski definition) is 2. The molecule has 1 saturated carbocycles. The van der Waals surface area contributed by atoms with Crippen LogP contribution in [0.1, 0.15) is 12.8 Å². The molecule has 0 heterocycles. The molecule has 94 valence electrons. The van der Waals surface area contributed by atoms with Crippen molar-refractivity contribution in [3.8, 4) is 5.75 Å². The molecule has 0 aromatic heterocycles. The standard InChI is InChI=1S/C11H16N2O3S/c12-6-7-16-10-3-1-2-9(8-10)13-17(14,15)11-4-5-11/h1-3,8,11,13H,4-7,12H2. The van der Waals surface area contributed by atoms with Crippen LogP contribution in [0.4, 0.5) is 5.69 Å². The zero-order valence-corrected chi connectivity index (χ0v) is 10.2. The first-order valence-electron chi connectivity index (χ1n) is 5.56. The highest BCUT2D eigenvalue weighted by Crippen LogP contribution is 2.30. The first-order valence-corrected chi connectivity index (χ1v) is 7.11. The highest BCUT2D eigenvalue weighted by atomic mass is 32.2. The third kappa shape index (κ3) is 3.34. The van der Waals surface area contributed by atoms with Crippen molar-refractivity contribution in [3.05, 3.63) is 24.3 Å². The molecule has 3 N–H and O–H groups in total. The van der Waals surface area contributed by atoms with Gasteiger partial charge >= 0.3 is 0 Å². The van der Waals surface area contributed by atoms with Gasteiger partial charge in [0.05, 0.1) is 10.9 Å². The van der Waals surface area contributed by atoms with E-state index in [4.69, 9.17) is 10.5 Å². The number of anilines is 1. The summed E-state index contributed by atoms with van der Waals surface area (Å²) in [6.07, 6.45) is 1.50. The summed E-state index contributed by atoms with van der Waals surface area (Å²) in [7, 11) is -3.21. The molecule has 0 radical (unpaired) electrons. The molecule has 0 saturated heterocycles. The fourth-order valence-electron chi connectivity index (χ4n) is 1.45. The Morgan fingerprint density at radius 3 is 2.82 bits per heavy atom. The van der Waals surface area contributed by atoms with E-state index in [2.05, 4.69) is 4.72 Å². The van der Waals surface area contributed by atoms with Gasteiger partial charge in [0, 0.05) is 12.6 Å². The van der Waals surface area contributed by atoms with E-state index in [0.29, 0.717) is 24.6 Å². The summed E-state index contributed by atoms with van der Waals surface area (Å²) >= 11 is 0. The van der Waals surface area contributed by atoms with Gasteiger partial charge in [0.25, 0.3) is 0 Å². The monoisotopic (exact) mass is 256 g/mol. The van der Waals surface area contributed by atoms with Crippen molar-refractivity contribution in [3.63, 3.8) is 0 Å². The van der Waals surface area contributed by atoms with Gasteiger partial charge < -0.3 is 10.5 Å². The highest BCUT2D eigenvalue weighted by Gasteiger charge is 2.35. The van der Waals surface area contributed by atoms with Gasteiger partial charge in [-0.25, -0.2) is 8.42 Å². The summed E-state index contributed by atoms with van der Waals surface area (Å²) < 4.78 is 31.3. The predicted octanol–water partition coefficient (Wildman–Crippen LogP) is 0.928. The minimum atomic E-state index is -3.21. The topological polar surface area (TPSA) is 81.4 Å². The van der Waals surface area contributed by atoms with E-state index in [1.54, 1.807) is 24.3 Å². The zero-order valence-electron chi connectivity index (χ0n) is 9.43. The van der Waals surface area contributed by atoms with Crippen LogP contribution in [0.15, 0.2) is 24.3 Å². The zero-order chi connectivity index (χ0) is 12.3. The van der Waals surface area contributed by atoms with Gasteiger partial charge in [-0.3, -0.25) is 4.72 Å². The summed E-state index contributed by atoms with van der Waals surface area (Å²) in [4.78, 5) is 0. The molecule has 1 fully saturated rings. The van der Waals surface area contributed by atoms with Gasteiger partial charge in [-0.1, -0.05) is 6.07 Å². The Kier molecular flexibility index (Phi) is 3.54. The molecule has 17 heavy (non-hydrogen) atoms. The molecular formula is C11H16N2O3S. The average Bonchev–Trinajstić information content (AvgIpc) is 3.10. The van der Waals surface area contributed by atoms with Gasteiger partial charge in [-0.05, 0) is 25.0 Å². The van der Waals surface area contributed by atoms with Crippen molar-refractivity contribution in [2.45, 2.75) is 18.1 Å². The summed E-state index contributed by atoms with van der Waals surface area (Å²) in [6.45, 7) is 0.844. The van der Waals surface area contributed by atoms with Crippen LogP contribution in [-0.4, -0.2) is 26.8 Å². The maximum atomic E-state index is 11.7. The lowest BCUT2D eigenvalue weighted by Crippen LogP contribution is -2.17. The second-order valence-corrected chi connectivity index (χ2v) is 5.97. The van der Waals surface area contributed by atoms with E-state index < -0.39 is 10.0 Å². The average molecular weight is 256 g/mol. The van der Waals surface area contributed by atoms with Crippen LogP contribution in [0.5, 0.6) is 5.75 Å². The molecule has 1 aliphatic carbocycles. The van der Waals surface area contributed by atoms with Crippen LogP contribution >= 0.6 is 0 Å². The fraction of sp³-hybridized carbons (Fsp3) is 0.455. The van der Waals surface area contributed by atoms with E-state index in [-0.39, 0.29) is 5.25 Å². The van der Waals surface area contributed by atoms with Crippen LogP contribution in [0.25, 0.3) is 0 Å². The number of rotatable bonds is 6. The number of sulfonamides is 1. The van der Waals surface area contributed by atoms with Crippen LogP contribution < -0.4 is 15.2 Å². The lowest BCUT2D eigenvalue weighted by atomic mass is 10.3. The van der Waals surface area contributed by atoms with E-state index in [1.165, 1.54) is 0 Å². The van der Waals surface area contributed by atoms with E-state index in [1.807, 2.05) is 0 Å². The molecule has 1 aromatic rings. The molecule has 0 spiro atoms. The third-order valence-electron chi connectivity index (χ3n) is 2.44. The van der Waals surface area contributed by atoms with Crippen LogP contribution in [0.2, 0.25) is 0 Å². The smallest absolute Gasteiger partial charge is 0.235 e. The van der Waals surface area contributed by atoms with Crippen molar-refractivity contribution in [2.24, 2.45) is 5.73 Å². The molecule has 6 heteroatoms. The SMILES string of the molecule is NCCOc1cccc(NS(=O)(=O)C2CC2)c1. The van der Waals surface area contributed by atoms with Crippen molar-refractivity contribution in [1.82, 2.24) is 0 Å². The van der Waals surface area contributed by atoms with Crippen molar-refractivity contribution >= 4 is 15.7 Å². The molecular weight excluding hydrogens is 240 g/mol. The highest BCUT2D eigenvalue weighted by molar-refractivity contribution is 7.93. The Morgan fingerprint density at radius 1 is 1.41 bits per heavy atom. The number of benzene rings is 1. The predicted molar refractivity (Wildman–Crippen MR) is 66.6 cm³/mol. The Bertz CT molecular complexity index is 483. The third-order valence-corrected chi connectivity index (χ3v) is 4.31. The van der Waals surface area contributed by atoms with E-state index >= 15 is 0 Å². The minimum absolute atomic E-state index is 0.226. The minimum Gasteiger partial charge on any atom is -0.492 e. The molecule has 0 unspecified atom stereocenters. The van der Waals surface area contributed by atoms with Crippen molar-refractivity contribution in [1.29, 1.82) is 0 Å². The molecule has 0 bridgehead atoms. The molecule has 0 atom stereocenters. The molecule has 0 aliphatic heterocycles. The number of nitrogens with two attached hydrogens (primary N) is 1. The van der Waals surface area contributed by atoms with Gasteiger partial charge in [-0.2, -0.15) is 0 Å². The quantitative estimate of drug-likeness (QED) is 0.793. The largest absolute Gasteiger partial charge is 0.492 e. The van der Waals surface area contributed by atoms with Crippen LogP contribution in [0, 0.1) is 0 Å². The Morgan fingerprint density at radius 2 is 2.18 bits per heavy atom. The molecule has 5 nitrogen and oxygen atoms in total.